The number of hydrogen-bond donors (Lipinski definition) is 1. The molecule has 2 aromatic rings. The topological polar surface area (TPSA) is 98.5 Å². The largest absolute Gasteiger partial charge is 0.449 e. The highest BCUT2D eigenvalue weighted by Crippen LogP contribution is 2.37. The maximum Gasteiger partial charge on any atom is 0.418 e. The van der Waals surface area contributed by atoms with E-state index in [-0.39, 0.29) is 5.56 Å². The maximum atomic E-state index is 13.2. The Hall–Kier alpha value is -3.43. The van der Waals surface area contributed by atoms with E-state index in [0.29, 0.717) is 6.07 Å². The number of carbonyl (C=O) groups excluding carboxylic acids is 2. The van der Waals surface area contributed by atoms with Crippen LogP contribution in [0.1, 0.15) is 35.3 Å². The number of halogens is 3. The molecule has 0 aromatic heterocycles. The lowest BCUT2D eigenvalue weighted by molar-refractivity contribution is -0.385. The van der Waals surface area contributed by atoms with Crippen LogP contribution in [-0.4, -0.2) is 22.9 Å². The Labute approximate surface area is 163 Å². The van der Waals surface area contributed by atoms with Crippen LogP contribution in [0.2, 0.25) is 0 Å². The molecule has 0 aliphatic rings. The van der Waals surface area contributed by atoms with Gasteiger partial charge in [-0.3, -0.25) is 14.9 Å². The number of benzene rings is 2. The second-order valence-corrected chi connectivity index (χ2v) is 6.07. The van der Waals surface area contributed by atoms with E-state index < -0.39 is 46.0 Å². The number of rotatable bonds is 6. The van der Waals surface area contributed by atoms with E-state index in [1.807, 2.05) is 12.2 Å². The molecule has 1 amide bonds. The lowest BCUT2D eigenvalue weighted by Gasteiger charge is -2.17. The van der Waals surface area contributed by atoms with Crippen LogP contribution in [0.3, 0.4) is 0 Å². The zero-order valence-electron chi connectivity index (χ0n) is 15.4. The molecule has 29 heavy (non-hydrogen) atoms. The summed E-state index contributed by atoms with van der Waals surface area (Å²) in [7, 11) is 0. The van der Waals surface area contributed by atoms with Crippen molar-refractivity contribution in [3.63, 3.8) is 0 Å². The molecule has 1 atom stereocenters. The predicted molar refractivity (Wildman–Crippen MR) is 97.4 cm³/mol. The van der Waals surface area contributed by atoms with E-state index in [4.69, 9.17) is 4.74 Å². The van der Waals surface area contributed by atoms with Crippen molar-refractivity contribution in [3.05, 3.63) is 69.3 Å². The molecule has 0 fully saturated rings. The smallest absolute Gasteiger partial charge is 0.418 e. The molecular formula is C19H17F3N2O5. The van der Waals surface area contributed by atoms with Crippen molar-refractivity contribution in [1.82, 2.24) is 0 Å². The van der Waals surface area contributed by atoms with Crippen LogP contribution in [0.5, 0.6) is 0 Å². The zero-order valence-corrected chi connectivity index (χ0v) is 15.4. The van der Waals surface area contributed by atoms with Gasteiger partial charge in [-0.1, -0.05) is 19.1 Å². The SMILES string of the molecule is CCc1ccc(C(=O)O[C@H](C)C(=O)Nc2ccc([N+](=O)[O-])cc2C(F)(F)F)cc1. The number of ether oxygens (including phenoxy) is 1. The summed E-state index contributed by atoms with van der Waals surface area (Å²) in [5.41, 5.74) is -1.65. The Morgan fingerprint density at radius 3 is 2.31 bits per heavy atom. The van der Waals surface area contributed by atoms with Gasteiger partial charge in [-0.05, 0) is 37.1 Å². The van der Waals surface area contributed by atoms with Gasteiger partial charge in [-0.2, -0.15) is 13.2 Å². The van der Waals surface area contributed by atoms with E-state index in [0.717, 1.165) is 24.1 Å². The van der Waals surface area contributed by atoms with Crippen molar-refractivity contribution >= 4 is 23.3 Å². The number of esters is 1. The normalized spacial score (nSPS) is 12.2. The molecule has 2 aromatic carbocycles. The van der Waals surface area contributed by atoms with Crippen LogP contribution in [0.15, 0.2) is 42.5 Å². The Morgan fingerprint density at radius 2 is 1.79 bits per heavy atom. The highest BCUT2D eigenvalue weighted by atomic mass is 19.4. The molecule has 0 radical (unpaired) electrons. The summed E-state index contributed by atoms with van der Waals surface area (Å²) < 4.78 is 44.5. The van der Waals surface area contributed by atoms with Crippen LogP contribution in [0, 0.1) is 10.1 Å². The van der Waals surface area contributed by atoms with Crippen molar-refractivity contribution in [2.45, 2.75) is 32.5 Å². The van der Waals surface area contributed by atoms with Gasteiger partial charge < -0.3 is 10.1 Å². The number of hydrogen-bond acceptors (Lipinski definition) is 5. The van der Waals surface area contributed by atoms with Crippen LogP contribution >= 0.6 is 0 Å². The summed E-state index contributed by atoms with van der Waals surface area (Å²) >= 11 is 0. The van der Waals surface area contributed by atoms with Gasteiger partial charge in [0, 0.05) is 12.1 Å². The third-order valence-electron chi connectivity index (χ3n) is 4.03. The predicted octanol–water partition coefficient (Wildman–Crippen LogP) is 4.36. The summed E-state index contributed by atoms with van der Waals surface area (Å²) in [6.45, 7) is 3.14. The Bertz CT molecular complexity index is 926. The van der Waals surface area contributed by atoms with E-state index in [9.17, 15) is 32.9 Å². The number of anilines is 1. The summed E-state index contributed by atoms with van der Waals surface area (Å²) in [6, 6.07) is 8.39. The Kier molecular flexibility index (Phi) is 6.57. The number of nitro benzene ring substituents is 1. The molecule has 0 saturated heterocycles. The first-order chi connectivity index (χ1) is 13.5. The number of nitrogens with zero attached hydrogens (tertiary/aromatic N) is 1. The van der Waals surface area contributed by atoms with E-state index in [1.165, 1.54) is 19.1 Å². The van der Waals surface area contributed by atoms with E-state index in [1.54, 1.807) is 12.1 Å². The first-order valence-corrected chi connectivity index (χ1v) is 8.49. The molecule has 2 rings (SSSR count). The number of amides is 1. The zero-order chi connectivity index (χ0) is 21.8. The molecule has 0 spiro atoms. The third kappa shape index (κ3) is 5.53. The third-order valence-corrected chi connectivity index (χ3v) is 4.03. The van der Waals surface area contributed by atoms with Crippen LogP contribution in [0.4, 0.5) is 24.5 Å². The molecule has 0 unspecified atom stereocenters. The van der Waals surface area contributed by atoms with Gasteiger partial charge >= 0.3 is 12.1 Å². The molecule has 0 aliphatic carbocycles. The quantitative estimate of drug-likeness (QED) is 0.433. The average Bonchev–Trinajstić information content (AvgIpc) is 2.67. The maximum absolute atomic E-state index is 13.2. The summed E-state index contributed by atoms with van der Waals surface area (Å²) in [4.78, 5) is 34.0. The van der Waals surface area contributed by atoms with Crippen molar-refractivity contribution < 1.29 is 32.4 Å². The number of aryl methyl sites for hydroxylation is 1. The van der Waals surface area contributed by atoms with Gasteiger partial charge in [0.05, 0.1) is 21.7 Å². The summed E-state index contributed by atoms with van der Waals surface area (Å²) in [5.74, 6) is -1.82. The van der Waals surface area contributed by atoms with Gasteiger partial charge in [0.2, 0.25) is 0 Å². The number of nitro groups is 1. The molecular weight excluding hydrogens is 393 g/mol. The second-order valence-electron chi connectivity index (χ2n) is 6.07. The molecule has 0 heterocycles. The van der Waals surface area contributed by atoms with Crippen molar-refractivity contribution in [3.8, 4) is 0 Å². The van der Waals surface area contributed by atoms with Crippen molar-refractivity contribution in [1.29, 1.82) is 0 Å². The van der Waals surface area contributed by atoms with Gasteiger partial charge in [0.25, 0.3) is 11.6 Å². The minimum Gasteiger partial charge on any atom is -0.449 e. The lowest BCUT2D eigenvalue weighted by Crippen LogP contribution is -2.30. The average molecular weight is 410 g/mol. The molecule has 0 aliphatic heterocycles. The van der Waals surface area contributed by atoms with Crippen molar-refractivity contribution in [2.75, 3.05) is 5.32 Å². The minimum atomic E-state index is -4.93. The Morgan fingerprint density at radius 1 is 1.17 bits per heavy atom. The van der Waals surface area contributed by atoms with Gasteiger partial charge in [0.15, 0.2) is 6.10 Å². The first-order valence-electron chi connectivity index (χ1n) is 8.49. The van der Waals surface area contributed by atoms with E-state index in [2.05, 4.69) is 0 Å². The summed E-state index contributed by atoms with van der Waals surface area (Å²) in [5, 5.41) is 12.7. The monoisotopic (exact) mass is 410 g/mol. The molecule has 0 bridgehead atoms. The number of alkyl halides is 3. The fourth-order valence-electron chi connectivity index (χ4n) is 2.38. The molecule has 10 heteroatoms. The minimum absolute atomic E-state index is 0.188. The second kappa shape index (κ2) is 8.72. The molecule has 154 valence electrons. The molecule has 0 saturated carbocycles. The Balaban J connectivity index is 2.14. The standard InChI is InChI=1S/C19H17F3N2O5/c1-3-12-4-6-13(7-5-12)18(26)29-11(2)17(25)23-16-9-8-14(24(27)28)10-15(16)19(20,21)22/h4-11H,3H2,1-2H3,(H,23,25)/t11-/m1/s1. The van der Waals surface area contributed by atoms with Crippen LogP contribution < -0.4 is 5.32 Å². The number of nitrogens with one attached hydrogen (secondary N) is 1. The van der Waals surface area contributed by atoms with Gasteiger partial charge in [0.1, 0.15) is 0 Å². The van der Waals surface area contributed by atoms with Gasteiger partial charge in [-0.15, -0.1) is 0 Å². The highest BCUT2D eigenvalue weighted by molar-refractivity contribution is 5.98. The number of non-ortho nitro benzene ring substituents is 1. The fraction of sp³-hybridized carbons (Fsp3) is 0.263. The summed E-state index contributed by atoms with van der Waals surface area (Å²) in [6.07, 6.45) is -5.56. The van der Waals surface area contributed by atoms with E-state index >= 15 is 0 Å². The molecule has 7 nitrogen and oxygen atoms in total. The lowest BCUT2D eigenvalue weighted by atomic mass is 10.1. The van der Waals surface area contributed by atoms with Gasteiger partial charge in [-0.25, -0.2) is 4.79 Å². The number of carbonyl (C=O) groups is 2. The molecule has 1 N–H and O–H groups in total. The fourth-order valence-corrected chi connectivity index (χ4v) is 2.38. The highest BCUT2D eigenvalue weighted by Gasteiger charge is 2.36. The van der Waals surface area contributed by atoms with Crippen molar-refractivity contribution in [2.24, 2.45) is 0 Å². The van der Waals surface area contributed by atoms with Crippen LogP contribution in [0.25, 0.3) is 0 Å². The first kappa shape index (κ1) is 21.9. The van der Waals surface area contributed by atoms with Crippen LogP contribution in [-0.2, 0) is 22.1 Å².